The Hall–Kier alpha value is -2.47. The molecule has 25 heavy (non-hydrogen) atoms. The molecule has 0 bridgehead atoms. The Labute approximate surface area is 149 Å². The second-order valence-corrected chi connectivity index (χ2v) is 6.87. The third-order valence-electron chi connectivity index (χ3n) is 4.02. The Morgan fingerprint density at radius 2 is 2.08 bits per heavy atom. The molecule has 5 nitrogen and oxygen atoms in total. The van der Waals surface area contributed by atoms with Crippen LogP contribution in [0.25, 0.3) is 10.2 Å². The van der Waals surface area contributed by atoms with Gasteiger partial charge in [-0.05, 0) is 44.0 Å². The van der Waals surface area contributed by atoms with Crippen molar-refractivity contribution in [2.45, 2.75) is 33.7 Å². The molecule has 0 aliphatic heterocycles. The fourth-order valence-corrected chi connectivity index (χ4v) is 3.72. The lowest BCUT2D eigenvalue weighted by Crippen LogP contribution is -2.24. The van der Waals surface area contributed by atoms with E-state index in [0.29, 0.717) is 29.9 Å². The Bertz CT molecular complexity index is 988. The van der Waals surface area contributed by atoms with Gasteiger partial charge in [-0.2, -0.15) is 0 Å². The summed E-state index contributed by atoms with van der Waals surface area (Å²) in [6.45, 7) is 6.38. The smallest absolute Gasteiger partial charge is 0.338 e. The van der Waals surface area contributed by atoms with Crippen LogP contribution in [-0.2, 0) is 17.7 Å². The third-order valence-corrected chi connectivity index (χ3v) is 5.19. The van der Waals surface area contributed by atoms with Crippen molar-refractivity contribution in [1.82, 2.24) is 9.55 Å². The summed E-state index contributed by atoms with van der Waals surface area (Å²) in [5.74, 6) is 0.316. The van der Waals surface area contributed by atoms with Gasteiger partial charge in [0.05, 0.1) is 24.1 Å². The Balaban J connectivity index is 1.99. The number of nitrogens with zero attached hydrogens (tertiary/aromatic N) is 2. The van der Waals surface area contributed by atoms with Gasteiger partial charge >= 0.3 is 5.97 Å². The highest BCUT2D eigenvalue weighted by Crippen LogP contribution is 2.22. The van der Waals surface area contributed by atoms with E-state index in [-0.39, 0.29) is 11.5 Å². The van der Waals surface area contributed by atoms with Crippen molar-refractivity contribution in [3.63, 3.8) is 0 Å². The number of benzene rings is 1. The normalized spacial score (nSPS) is 11.0. The van der Waals surface area contributed by atoms with E-state index in [0.717, 1.165) is 21.7 Å². The second kappa shape index (κ2) is 7.19. The molecule has 0 saturated carbocycles. The molecule has 0 aliphatic carbocycles. The topological polar surface area (TPSA) is 61.2 Å². The van der Waals surface area contributed by atoms with Crippen molar-refractivity contribution in [3.8, 4) is 0 Å². The first-order valence-electron chi connectivity index (χ1n) is 8.29. The molecule has 2 heterocycles. The number of aryl methyl sites for hydroxylation is 2. The number of thiophene rings is 1. The summed E-state index contributed by atoms with van der Waals surface area (Å²) in [6, 6.07) is 9.10. The zero-order valence-electron chi connectivity index (χ0n) is 14.5. The molecule has 0 aliphatic rings. The van der Waals surface area contributed by atoms with Gasteiger partial charge in [0.2, 0.25) is 0 Å². The molecule has 0 fully saturated rings. The molecule has 0 amide bonds. The largest absolute Gasteiger partial charge is 0.462 e. The first-order chi connectivity index (χ1) is 12.0. The summed E-state index contributed by atoms with van der Waals surface area (Å²) < 4.78 is 6.69. The molecular weight excluding hydrogens is 336 g/mol. The highest BCUT2D eigenvalue weighted by Gasteiger charge is 2.13. The molecule has 6 heteroatoms. The van der Waals surface area contributed by atoms with Gasteiger partial charge in [0.25, 0.3) is 5.56 Å². The second-order valence-electron chi connectivity index (χ2n) is 5.76. The van der Waals surface area contributed by atoms with Crippen LogP contribution in [0.3, 0.4) is 0 Å². The van der Waals surface area contributed by atoms with E-state index in [4.69, 9.17) is 4.74 Å². The molecule has 3 aromatic rings. The summed E-state index contributed by atoms with van der Waals surface area (Å²) in [5, 5.41) is 0.661. The lowest BCUT2D eigenvalue weighted by molar-refractivity contribution is 0.0526. The summed E-state index contributed by atoms with van der Waals surface area (Å²) in [4.78, 5) is 31.3. The van der Waals surface area contributed by atoms with E-state index in [1.165, 1.54) is 0 Å². The summed E-state index contributed by atoms with van der Waals surface area (Å²) in [6.07, 6.45) is 0.890. The minimum Gasteiger partial charge on any atom is -0.462 e. The molecule has 130 valence electrons. The zero-order valence-corrected chi connectivity index (χ0v) is 15.4. The van der Waals surface area contributed by atoms with Crippen LogP contribution in [0.5, 0.6) is 0 Å². The number of carbonyl (C=O) groups is 1. The number of carbonyl (C=O) groups excluding carboxylic acids is 1. The molecule has 1 aromatic carbocycles. The van der Waals surface area contributed by atoms with Gasteiger partial charge in [-0.15, -0.1) is 11.3 Å². The van der Waals surface area contributed by atoms with Gasteiger partial charge in [0, 0.05) is 4.88 Å². The molecular formula is C19H20N2O3S. The monoisotopic (exact) mass is 356 g/mol. The maximum absolute atomic E-state index is 12.8. The molecule has 2 aromatic heterocycles. The summed E-state index contributed by atoms with van der Waals surface area (Å²) in [7, 11) is 0. The van der Waals surface area contributed by atoms with Crippen LogP contribution in [-0.4, -0.2) is 22.1 Å². The number of esters is 1. The number of fused-ring (bicyclic) bond motifs is 1. The van der Waals surface area contributed by atoms with Crippen LogP contribution in [0, 0.1) is 6.92 Å². The Morgan fingerprint density at radius 1 is 1.28 bits per heavy atom. The number of aromatic nitrogens is 2. The Morgan fingerprint density at radius 3 is 2.80 bits per heavy atom. The highest BCUT2D eigenvalue weighted by atomic mass is 32.1. The standard InChI is InChI=1S/C19H20N2O3S/c1-4-15-10-16-17(25-15)20-12(3)21(18(16)22)11-13-7-6-8-14(9-13)19(23)24-5-2/h6-10H,4-5,11H2,1-3H3. The minimum absolute atomic E-state index is 0.0417. The molecule has 0 spiro atoms. The average Bonchev–Trinajstić information content (AvgIpc) is 3.02. The summed E-state index contributed by atoms with van der Waals surface area (Å²) >= 11 is 1.57. The van der Waals surface area contributed by atoms with E-state index in [2.05, 4.69) is 11.9 Å². The fraction of sp³-hybridized carbons (Fsp3) is 0.316. The van der Waals surface area contributed by atoms with Crippen LogP contribution >= 0.6 is 11.3 Å². The minimum atomic E-state index is -0.354. The number of rotatable bonds is 5. The van der Waals surface area contributed by atoms with Crippen molar-refractivity contribution in [2.75, 3.05) is 6.61 Å². The SMILES string of the molecule is CCOC(=O)c1cccc(Cn2c(C)nc3sc(CC)cc3c2=O)c1. The third kappa shape index (κ3) is 3.49. The quantitative estimate of drug-likeness (QED) is 0.656. The average molecular weight is 356 g/mol. The van der Waals surface area contributed by atoms with Gasteiger partial charge < -0.3 is 4.74 Å². The zero-order chi connectivity index (χ0) is 18.0. The molecule has 0 N–H and O–H groups in total. The fourth-order valence-electron chi connectivity index (χ4n) is 2.72. The summed E-state index contributed by atoms with van der Waals surface area (Å²) in [5.41, 5.74) is 1.31. The van der Waals surface area contributed by atoms with E-state index < -0.39 is 0 Å². The first-order valence-corrected chi connectivity index (χ1v) is 9.11. The molecule has 0 unspecified atom stereocenters. The Kier molecular flexibility index (Phi) is 4.99. The van der Waals surface area contributed by atoms with Crippen LogP contribution < -0.4 is 5.56 Å². The van der Waals surface area contributed by atoms with Crippen LogP contribution in [0.2, 0.25) is 0 Å². The van der Waals surface area contributed by atoms with Crippen molar-refractivity contribution in [2.24, 2.45) is 0 Å². The number of ether oxygens (including phenoxy) is 1. The van der Waals surface area contributed by atoms with Crippen LogP contribution in [0.15, 0.2) is 35.1 Å². The van der Waals surface area contributed by atoms with E-state index >= 15 is 0 Å². The van der Waals surface area contributed by atoms with E-state index in [1.807, 2.05) is 19.1 Å². The van der Waals surface area contributed by atoms with Gasteiger partial charge in [-0.3, -0.25) is 9.36 Å². The predicted octanol–water partition coefficient (Wildman–Crippen LogP) is 3.55. The van der Waals surface area contributed by atoms with Crippen LogP contribution in [0.4, 0.5) is 0 Å². The van der Waals surface area contributed by atoms with Gasteiger partial charge in [0.15, 0.2) is 0 Å². The van der Waals surface area contributed by atoms with Gasteiger partial charge in [-0.1, -0.05) is 19.1 Å². The number of hydrogen-bond acceptors (Lipinski definition) is 5. The molecule has 0 radical (unpaired) electrons. The van der Waals surface area contributed by atoms with Gasteiger partial charge in [-0.25, -0.2) is 9.78 Å². The predicted molar refractivity (Wildman–Crippen MR) is 99.5 cm³/mol. The lowest BCUT2D eigenvalue weighted by Gasteiger charge is -2.10. The van der Waals surface area contributed by atoms with Crippen LogP contribution in [0.1, 0.15) is 40.5 Å². The first kappa shape index (κ1) is 17.4. The van der Waals surface area contributed by atoms with Gasteiger partial charge in [0.1, 0.15) is 10.7 Å². The number of hydrogen-bond donors (Lipinski definition) is 0. The van der Waals surface area contributed by atoms with E-state index in [1.54, 1.807) is 41.0 Å². The molecule has 0 atom stereocenters. The maximum Gasteiger partial charge on any atom is 0.338 e. The highest BCUT2D eigenvalue weighted by molar-refractivity contribution is 7.18. The molecule has 0 saturated heterocycles. The van der Waals surface area contributed by atoms with E-state index in [9.17, 15) is 9.59 Å². The van der Waals surface area contributed by atoms with Crippen molar-refractivity contribution < 1.29 is 9.53 Å². The van der Waals surface area contributed by atoms with Crippen molar-refractivity contribution >= 4 is 27.5 Å². The van der Waals surface area contributed by atoms with Crippen molar-refractivity contribution in [3.05, 3.63) is 62.5 Å². The van der Waals surface area contributed by atoms with Crippen molar-refractivity contribution in [1.29, 1.82) is 0 Å². The molecule has 3 rings (SSSR count). The maximum atomic E-state index is 12.8. The lowest BCUT2D eigenvalue weighted by atomic mass is 10.1.